The van der Waals surface area contributed by atoms with Gasteiger partial charge in [0, 0.05) is 0 Å². The average Bonchev–Trinajstić information content (AvgIpc) is 2.29. The van der Waals surface area contributed by atoms with Crippen molar-refractivity contribution >= 4 is 11.8 Å². The summed E-state index contributed by atoms with van der Waals surface area (Å²) in [6, 6.07) is -0.0453. The second kappa shape index (κ2) is 8.06. The lowest BCUT2D eigenvalue weighted by Gasteiger charge is -2.25. The van der Waals surface area contributed by atoms with Crippen LogP contribution in [0.5, 0.6) is 0 Å². The molecule has 0 aromatic carbocycles. The van der Waals surface area contributed by atoms with Crippen molar-refractivity contribution in [2.45, 2.75) is 39.8 Å². The maximum atomic E-state index is 5.22. The lowest BCUT2D eigenvalue weighted by Crippen LogP contribution is -2.36. The minimum absolute atomic E-state index is 0.00819. The van der Waals surface area contributed by atoms with E-state index in [-0.39, 0.29) is 12.1 Å². The number of methoxy groups -OCH3 is 2. The lowest BCUT2D eigenvalue weighted by atomic mass is 10.0. The van der Waals surface area contributed by atoms with Gasteiger partial charge in [-0.1, -0.05) is 20.8 Å². The molecule has 2 N–H and O–H groups in total. The molecule has 2 atom stereocenters. The summed E-state index contributed by atoms with van der Waals surface area (Å²) in [5, 5.41) is 0. The molecule has 5 nitrogen and oxygen atoms in total. The van der Waals surface area contributed by atoms with Crippen molar-refractivity contribution in [2.24, 2.45) is 21.6 Å². The van der Waals surface area contributed by atoms with Gasteiger partial charge in [0.1, 0.15) is 12.1 Å². The third-order valence-electron chi connectivity index (χ3n) is 2.25. The maximum Gasteiger partial charge on any atom is 0.209 e. The lowest BCUT2D eigenvalue weighted by molar-refractivity contribution is 0.335. The first kappa shape index (κ1) is 15.9. The van der Waals surface area contributed by atoms with E-state index in [1.807, 2.05) is 13.8 Å². The highest BCUT2D eigenvalue weighted by molar-refractivity contribution is 5.93. The molecule has 0 spiro atoms. The first-order valence-electron chi connectivity index (χ1n) is 5.95. The molecule has 1 rings (SSSR count). The van der Waals surface area contributed by atoms with Crippen LogP contribution in [-0.2, 0) is 9.47 Å². The fourth-order valence-electron chi connectivity index (χ4n) is 1.45. The molecule has 17 heavy (non-hydrogen) atoms. The normalized spacial score (nSPS) is 23.3. The van der Waals surface area contributed by atoms with E-state index in [4.69, 9.17) is 15.2 Å². The second-order valence-corrected chi connectivity index (χ2v) is 4.12. The highest BCUT2D eigenvalue weighted by atomic mass is 16.5. The number of ether oxygens (including phenoxy) is 2. The molecule has 1 heterocycles. The van der Waals surface area contributed by atoms with Gasteiger partial charge in [0.25, 0.3) is 0 Å². The predicted octanol–water partition coefficient (Wildman–Crippen LogP) is 1.47. The summed E-state index contributed by atoms with van der Waals surface area (Å²) in [5.41, 5.74) is 4.85. The third-order valence-corrected chi connectivity index (χ3v) is 2.25. The maximum absolute atomic E-state index is 5.22. The molecule has 1 aliphatic rings. The van der Waals surface area contributed by atoms with Gasteiger partial charge in [-0.15, -0.1) is 0 Å². The first-order valence-corrected chi connectivity index (χ1v) is 5.95. The van der Waals surface area contributed by atoms with Gasteiger partial charge in [-0.3, -0.25) is 0 Å². The largest absolute Gasteiger partial charge is 0.483 e. The van der Waals surface area contributed by atoms with Gasteiger partial charge in [0.15, 0.2) is 0 Å². The van der Waals surface area contributed by atoms with Crippen molar-refractivity contribution in [2.75, 3.05) is 20.8 Å². The van der Waals surface area contributed by atoms with Crippen LogP contribution >= 0.6 is 0 Å². The predicted molar refractivity (Wildman–Crippen MR) is 71.7 cm³/mol. The summed E-state index contributed by atoms with van der Waals surface area (Å²) in [6.45, 7) is 8.77. The van der Waals surface area contributed by atoms with Crippen LogP contribution in [0.25, 0.3) is 0 Å². The van der Waals surface area contributed by atoms with Crippen LogP contribution in [0.15, 0.2) is 9.98 Å². The van der Waals surface area contributed by atoms with Crippen LogP contribution in [0.1, 0.15) is 27.7 Å². The zero-order valence-corrected chi connectivity index (χ0v) is 11.7. The van der Waals surface area contributed by atoms with E-state index in [1.54, 1.807) is 14.2 Å². The van der Waals surface area contributed by atoms with Gasteiger partial charge >= 0.3 is 0 Å². The SMILES string of the molecule is CCN.COC1=NC(C(C)C)C(OC)=NC1C. The number of nitrogens with zero attached hydrogens (tertiary/aromatic N) is 2. The monoisotopic (exact) mass is 243 g/mol. The Bertz CT molecular complexity index is 275. The fourth-order valence-corrected chi connectivity index (χ4v) is 1.45. The summed E-state index contributed by atoms with van der Waals surface area (Å²) < 4.78 is 10.4. The summed E-state index contributed by atoms with van der Waals surface area (Å²) in [7, 11) is 3.26. The first-order chi connectivity index (χ1) is 8.01. The number of hydrogen-bond donors (Lipinski definition) is 1. The van der Waals surface area contributed by atoms with Crippen molar-refractivity contribution in [3.63, 3.8) is 0 Å². The third kappa shape index (κ3) is 4.73. The van der Waals surface area contributed by atoms with E-state index >= 15 is 0 Å². The van der Waals surface area contributed by atoms with Crippen molar-refractivity contribution in [1.29, 1.82) is 0 Å². The second-order valence-electron chi connectivity index (χ2n) is 4.12. The highest BCUT2D eigenvalue weighted by Gasteiger charge is 2.28. The summed E-state index contributed by atoms with van der Waals surface area (Å²) >= 11 is 0. The zero-order valence-electron chi connectivity index (χ0n) is 11.7. The molecular formula is C12H25N3O2. The molecule has 100 valence electrons. The summed E-state index contributed by atoms with van der Waals surface area (Å²) in [6.07, 6.45) is 0. The van der Waals surface area contributed by atoms with E-state index < -0.39 is 0 Å². The molecule has 0 aromatic heterocycles. The molecule has 5 heteroatoms. The van der Waals surface area contributed by atoms with Crippen molar-refractivity contribution in [3.8, 4) is 0 Å². The Morgan fingerprint density at radius 2 is 1.65 bits per heavy atom. The molecule has 0 aliphatic carbocycles. The van der Waals surface area contributed by atoms with Gasteiger partial charge in [-0.05, 0) is 19.4 Å². The fraction of sp³-hybridized carbons (Fsp3) is 0.833. The molecule has 0 bridgehead atoms. The minimum Gasteiger partial charge on any atom is -0.483 e. The molecule has 1 aliphatic heterocycles. The smallest absolute Gasteiger partial charge is 0.209 e. The Hall–Kier alpha value is -1.10. The van der Waals surface area contributed by atoms with E-state index in [1.165, 1.54) is 0 Å². The highest BCUT2D eigenvalue weighted by Crippen LogP contribution is 2.16. The van der Waals surface area contributed by atoms with Gasteiger partial charge in [0.05, 0.1) is 14.2 Å². The van der Waals surface area contributed by atoms with Gasteiger partial charge in [0.2, 0.25) is 11.8 Å². The van der Waals surface area contributed by atoms with Crippen LogP contribution in [0, 0.1) is 5.92 Å². The van der Waals surface area contributed by atoms with Gasteiger partial charge in [-0.25, -0.2) is 9.98 Å². The van der Waals surface area contributed by atoms with Crippen LogP contribution in [0.2, 0.25) is 0 Å². The Labute approximate surface area is 104 Å². The zero-order chi connectivity index (χ0) is 13.4. The topological polar surface area (TPSA) is 69.2 Å². The standard InChI is InChI=1S/C10H18N2O2.C2H7N/c1-6(2)8-10(14-5)11-7(3)9(12-8)13-4;1-2-3/h6-8H,1-5H3;2-3H2,1H3. The van der Waals surface area contributed by atoms with Crippen LogP contribution in [0.3, 0.4) is 0 Å². The number of hydrogen-bond acceptors (Lipinski definition) is 5. The van der Waals surface area contributed by atoms with Crippen molar-refractivity contribution in [3.05, 3.63) is 0 Å². The molecule has 2 unspecified atom stereocenters. The molecule has 0 radical (unpaired) electrons. The Kier molecular flexibility index (Phi) is 7.54. The molecular weight excluding hydrogens is 218 g/mol. The molecule has 0 amide bonds. The Balaban J connectivity index is 0.000000770. The van der Waals surface area contributed by atoms with Crippen LogP contribution < -0.4 is 5.73 Å². The van der Waals surface area contributed by atoms with Crippen molar-refractivity contribution < 1.29 is 9.47 Å². The molecule has 0 fully saturated rings. The Morgan fingerprint density at radius 3 is 2.00 bits per heavy atom. The van der Waals surface area contributed by atoms with Gasteiger partial charge in [-0.2, -0.15) is 0 Å². The number of rotatable bonds is 1. The van der Waals surface area contributed by atoms with Crippen molar-refractivity contribution in [1.82, 2.24) is 0 Å². The van der Waals surface area contributed by atoms with E-state index in [2.05, 4.69) is 23.8 Å². The average molecular weight is 243 g/mol. The quantitative estimate of drug-likeness (QED) is 0.758. The van der Waals surface area contributed by atoms with Crippen LogP contribution in [0.4, 0.5) is 0 Å². The van der Waals surface area contributed by atoms with Gasteiger partial charge < -0.3 is 15.2 Å². The molecule has 0 aromatic rings. The summed E-state index contributed by atoms with van der Waals surface area (Å²) in [5.74, 6) is 1.75. The molecule has 0 saturated heterocycles. The number of nitrogens with two attached hydrogens (primary N) is 1. The molecule has 0 saturated carbocycles. The Morgan fingerprint density at radius 1 is 1.18 bits per heavy atom. The van der Waals surface area contributed by atoms with E-state index in [0.717, 1.165) is 6.54 Å². The van der Waals surface area contributed by atoms with E-state index in [9.17, 15) is 0 Å². The summed E-state index contributed by atoms with van der Waals surface area (Å²) in [4.78, 5) is 8.87. The minimum atomic E-state index is -0.0371. The van der Waals surface area contributed by atoms with E-state index in [0.29, 0.717) is 17.7 Å². The van der Waals surface area contributed by atoms with Crippen LogP contribution in [-0.4, -0.2) is 44.6 Å². The number of aliphatic imine (C=N–C) groups is 2.